The number of anilines is 6. The normalized spacial score (nSPS) is 10.9. The molecule has 0 aliphatic carbocycles. The van der Waals surface area contributed by atoms with E-state index in [4.69, 9.17) is 11.6 Å². The van der Waals surface area contributed by atoms with Gasteiger partial charge < -0.3 is 9.80 Å². The van der Waals surface area contributed by atoms with Gasteiger partial charge in [-0.05, 0) is 111 Å². The Bertz CT molecular complexity index is 2330. The van der Waals surface area contributed by atoms with Crippen molar-refractivity contribution in [2.24, 2.45) is 0 Å². The Labute approximate surface area is 340 Å². The number of benzene rings is 9. The third kappa shape index (κ3) is 7.86. The molecule has 0 aliphatic heterocycles. The largest absolute Gasteiger partial charge is 0.310 e. The van der Waals surface area contributed by atoms with Crippen molar-refractivity contribution in [3.8, 4) is 44.5 Å². The quantitative estimate of drug-likeness (QED) is 0.137. The zero-order chi connectivity index (χ0) is 38.4. The summed E-state index contributed by atoms with van der Waals surface area (Å²) in [5.74, 6) is 0. The van der Waals surface area contributed by atoms with Gasteiger partial charge in [-0.25, -0.2) is 0 Å². The van der Waals surface area contributed by atoms with Crippen LogP contribution in [0.25, 0.3) is 44.5 Å². The van der Waals surface area contributed by atoms with E-state index in [1.54, 1.807) is 0 Å². The summed E-state index contributed by atoms with van der Waals surface area (Å²) in [4.78, 5) is 4.57. The third-order valence-electron chi connectivity index (χ3n) is 10.3. The van der Waals surface area contributed by atoms with Gasteiger partial charge in [-0.15, -0.1) is 0 Å². The van der Waals surface area contributed by atoms with Crippen molar-refractivity contribution in [2.45, 2.75) is 0 Å². The van der Waals surface area contributed by atoms with Crippen molar-refractivity contribution in [3.63, 3.8) is 0 Å². The van der Waals surface area contributed by atoms with Crippen LogP contribution in [-0.4, -0.2) is 0 Å². The lowest BCUT2D eigenvalue weighted by molar-refractivity contribution is 1.25. The van der Waals surface area contributed by atoms with Gasteiger partial charge in [0, 0.05) is 39.1 Å². The average Bonchev–Trinajstić information content (AvgIpc) is 3.29. The first-order valence-electron chi connectivity index (χ1n) is 19.2. The highest BCUT2D eigenvalue weighted by atomic mass is 35.5. The van der Waals surface area contributed by atoms with Crippen LogP contribution in [0.15, 0.2) is 237 Å². The molecular weight excluding hydrogens is 712 g/mol. The number of rotatable bonds is 10. The Morgan fingerprint density at radius 2 is 0.421 bits per heavy atom. The molecule has 0 bridgehead atoms. The van der Waals surface area contributed by atoms with Gasteiger partial charge in [0.1, 0.15) is 0 Å². The van der Waals surface area contributed by atoms with E-state index in [0.717, 1.165) is 56.4 Å². The lowest BCUT2D eigenvalue weighted by Crippen LogP contribution is -2.13. The lowest BCUT2D eigenvalue weighted by atomic mass is 10.0. The van der Waals surface area contributed by atoms with E-state index < -0.39 is 0 Å². The molecule has 272 valence electrons. The van der Waals surface area contributed by atoms with E-state index in [1.165, 1.54) is 22.3 Å². The molecule has 0 atom stereocenters. The molecule has 57 heavy (non-hydrogen) atoms. The number of nitrogens with zero attached hydrogens (tertiary/aromatic N) is 2. The highest BCUT2D eigenvalue weighted by Crippen LogP contribution is 2.43. The summed E-state index contributed by atoms with van der Waals surface area (Å²) in [6.07, 6.45) is 0. The van der Waals surface area contributed by atoms with E-state index in [9.17, 15) is 0 Å². The maximum absolute atomic E-state index is 7.16. The first-order valence-corrected chi connectivity index (χ1v) is 19.6. The first kappa shape index (κ1) is 35.6. The van der Waals surface area contributed by atoms with Gasteiger partial charge in [-0.1, -0.05) is 181 Å². The molecule has 0 spiro atoms. The van der Waals surface area contributed by atoms with Crippen LogP contribution in [0.1, 0.15) is 0 Å². The maximum atomic E-state index is 7.16. The van der Waals surface area contributed by atoms with E-state index in [1.807, 2.05) is 24.3 Å². The van der Waals surface area contributed by atoms with Crippen LogP contribution in [0.2, 0.25) is 5.02 Å². The Balaban J connectivity index is 1.16. The second kappa shape index (κ2) is 16.3. The Morgan fingerprint density at radius 1 is 0.211 bits per heavy atom. The van der Waals surface area contributed by atoms with Crippen molar-refractivity contribution in [1.82, 2.24) is 0 Å². The fraction of sp³-hybridized carbons (Fsp3) is 0. The Kier molecular flexibility index (Phi) is 10.2. The molecule has 0 radical (unpaired) electrons. The fourth-order valence-electron chi connectivity index (χ4n) is 7.45. The second-order valence-corrected chi connectivity index (χ2v) is 14.4. The monoisotopic (exact) mass is 750 g/mol. The maximum Gasteiger partial charge on any atom is 0.0497 e. The molecule has 3 heteroatoms. The van der Waals surface area contributed by atoms with Gasteiger partial charge >= 0.3 is 0 Å². The molecule has 0 aliphatic rings. The lowest BCUT2D eigenvalue weighted by Gasteiger charge is -2.30. The predicted molar refractivity (Wildman–Crippen MR) is 243 cm³/mol. The van der Waals surface area contributed by atoms with E-state index in [-0.39, 0.29) is 0 Å². The standard InChI is InChI=1S/C54H39ClN2/c55-48-37-53(56(49-29-21-44(22-30-49)40-13-5-1-6-14-40)50-31-23-45(24-32-50)41-15-7-2-8-16-41)39-54(38-48)57(51-33-25-46(26-34-51)42-17-9-3-10-18-42)52-35-27-47(28-36-52)43-19-11-4-12-20-43/h1-39H. The predicted octanol–water partition coefficient (Wildman–Crippen LogP) is 15.9. The molecule has 0 amide bonds. The minimum Gasteiger partial charge on any atom is -0.310 e. The second-order valence-electron chi connectivity index (χ2n) is 14.0. The van der Waals surface area contributed by atoms with Crippen LogP contribution >= 0.6 is 11.6 Å². The van der Waals surface area contributed by atoms with Gasteiger partial charge in [-0.3, -0.25) is 0 Å². The van der Waals surface area contributed by atoms with E-state index in [0.29, 0.717) is 5.02 Å². The van der Waals surface area contributed by atoms with Crippen molar-refractivity contribution in [1.29, 1.82) is 0 Å². The molecule has 9 rings (SSSR count). The molecule has 0 aromatic heterocycles. The average molecular weight is 751 g/mol. The number of halogens is 1. The van der Waals surface area contributed by atoms with Gasteiger partial charge in [-0.2, -0.15) is 0 Å². The summed E-state index contributed by atoms with van der Waals surface area (Å²) in [5.41, 5.74) is 15.4. The molecule has 0 N–H and O–H groups in total. The minimum absolute atomic E-state index is 0.640. The zero-order valence-electron chi connectivity index (χ0n) is 31.3. The molecule has 0 unspecified atom stereocenters. The Hall–Kier alpha value is -7.13. The van der Waals surface area contributed by atoms with Crippen LogP contribution in [0.5, 0.6) is 0 Å². The molecule has 9 aromatic carbocycles. The minimum atomic E-state index is 0.640. The molecule has 0 saturated heterocycles. The van der Waals surface area contributed by atoms with Gasteiger partial charge in [0.2, 0.25) is 0 Å². The van der Waals surface area contributed by atoms with E-state index >= 15 is 0 Å². The zero-order valence-corrected chi connectivity index (χ0v) is 32.0. The van der Waals surface area contributed by atoms with Gasteiger partial charge in [0.05, 0.1) is 0 Å². The van der Waals surface area contributed by atoms with Crippen LogP contribution in [-0.2, 0) is 0 Å². The summed E-state index contributed by atoms with van der Waals surface area (Å²) in [7, 11) is 0. The van der Waals surface area contributed by atoms with Gasteiger partial charge in [0.25, 0.3) is 0 Å². The molecule has 0 heterocycles. The molecule has 0 saturated carbocycles. The topological polar surface area (TPSA) is 6.48 Å². The summed E-state index contributed by atoms with van der Waals surface area (Å²) >= 11 is 7.16. The Morgan fingerprint density at radius 3 is 0.649 bits per heavy atom. The van der Waals surface area contributed by atoms with E-state index in [2.05, 4.69) is 222 Å². The molecular formula is C54H39ClN2. The van der Waals surface area contributed by atoms with Crippen molar-refractivity contribution >= 4 is 45.7 Å². The molecule has 0 fully saturated rings. The first-order chi connectivity index (χ1) is 28.2. The van der Waals surface area contributed by atoms with Gasteiger partial charge in [0.15, 0.2) is 0 Å². The van der Waals surface area contributed by atoms with Crippen LogP contribution in [0, 0.1) is 0 Å². The highest BCUT2D eigenvalue weighted by Gasteiger charge is 2.19. The highest BCUT2D eigenvalue weighted by molar-refractivity contribution is 6.31. The van der Waals surface area contributed by atoms with Crippen molar-refractivity contribution in [3.05, 3.63) is 242 Å². The third-order valence-corrected chi connectivity index (χ3v) is 10.5. The number of hydrogen-bond donors (Lipinski definition) is 0. The molecule has 9 aromatic rings. The fourth-order valence-corrected chi connectivity index (χ4v) is 7.67. The van der Waals surface area contributed by atoms with Crippen molar-refractivity contribution < 1.29 is 0 Å². The van der Waals surface area contributed by atoms with Crippen LogP contribution in [0.3, 0.4) is 0 Å². The van der Waals surface area contributed by atoms with Crippen molar-refractivity contribution in [2.75, 3.05) is 9.80 Å². The summed E-state index contributed by atoms with van der Waals surface area (Å²) < 4.78 is 0. The summed E-state index contributed by atoms with van der Waals surface area (Å²) in [6, 6.07) is 83.4. The molecule has 2 nitrogen and oxygen atoms in total. The SMILES string of the molecule is Clc1cc(N(c2ccc(-c3ccccc3)cc2)c2ccc(-c3ccccc3)cc2)cc(N(c2ccc(-c3ccccc3)cc2)c2ccc(-c3ccccc3)cc2)c1. The van der Waals surface area contributed by atoms with Crippen LogP contribution in [0.4, 0.5) is 34.1 Å². The summed E-state index contributed by atoms with van der Waals surface area (Å²) in [6.45, 7) is 0. The smallest absolute Gasteiger partial charge is 0.0497 e. The summed E-state index contributed by atoms with van der Waals surface area (Å²) in [5, 5.41) is 0.640. The number of hydrogen-bond acceptors (Lipinski definition) is 2. The van der Waals surface area contributed by atoms with Crippen LogP contribution < -0.4 is 9.80 Å².